The number of methoxy groups -OCH3 is 1. The van der Waals surface area contributed by atoms with Crippen molar-refractivity contribution in [1.82, 2.24) is 5.32 Å². The van der Waals surface area contributed by atoms with Gasteiger partial charge in [0.1, 0.15) is 5.41 Å². The Bertz CT molecular complexity index is 287. The molecular weight excluding hydrogens is 226 g/mol. The molecule has 0 aromatic carbocycles. The zero-order valence-electron chi connectivity index (χ0n) is 9.94. The standard InChI is InChI=1S/C10H19N3O4/c1-16-7-4-12-9(14)10(8(11)13-15)2-5-17-6-3-10/h15H,2-7H2,1H3,(H2,11,13)(H,12,14). The molecule has 0 radical (unpaired) electrons. The molecule has 17 heavy (non-hydrogen) atoms. The van der Waals surface area contributed by atoms with Crippen molar-refractivity contribution < 1.29 is 19.5 Å². The van der Waals surface area contributed by atoms with Gasteiger partial charge in [-0.3, -0.25) is 4.79 Å². The molecule has 0 spiro atoms. The number of nitrogens with two attached hydrogens (primary N) is 1. The van der Waals surface area contributed by atoms with Crippen LogP contribution in [-0.2, 0) is 14.3 Å². The first-order chi connectivity index (χ1) is 8.17. The zero-order valence-corrected chi connectivity index (χ0v) is 9.94. The van der Waals surface area contributed by atoms with E-state index in [0.717, 1.165) is 0 Å². The van der Waals surface area contributed by atoms with Crippen LogP contribution >= 0.6 is 0 Å². The third-order valence-electron chi connectivity index (χ3n) is 2.97. The van der Waals surface area contributed by atoms with E-state index in [4.69, 9.17) is 20.4 Å². The molecule has 0 unspecified atom stereocenters. The Hall–Kier alpha value is -1.34. The molecule has 1 heterocycles. The van der Waals surface area contributed by atoms with Crippen LogP contribution < -0.4 is 11.1 Å². The first kappa shape index (κ1) is 13.7. The monoisotopic (exact) mass is 245 g/mol. The minimum Gasteiger partial charge on any atom is -0.409 e. The summed E-state index contributed by atoms with van der Waals surface area (Å²) in [6.07, 6.45) is 0.837. The summed E-state index contributed by atoms with van der Waals surface area (Å²) < 4.78 is 10.0. The molecule has 0 atom stereocenters. The lowest BCUT2D eigenvalue weighted by Crippen LogP contribution is -2.53. The zero-order chi connectivity index (χ0) is 12.7. The molecule has 0 bridgehead atoms. The number of rotatable bonds is 5. The highest BCUT2D eigenvalue weighted by molar-refractivity contribution is 6.06. The molecule has 0 aliphatic carbocycles. The number of nitrogens with zero attached hydrogens (tertiary/aromatic N) is 1. The second-order valence-electron chi connectivity index (χ2n) is 3.93. The number of hydrogen-bond donors (Lipinski definition) is 3. The van der Waals surface area contributed by atoms with E-state index < -0.39 is 5.41 Å². The first-order valence-electron chi connectivity index (χ1n) is 5.50. The Morgan fingerprint density at radius 1 is 1.59 bits per heavy atom. The Morgan fingerprint density at radius 2 is 2.24 bits per heavy atom. The van der Waals surface area contributed by atoms with Crippen LogP contribution in [0.2, 0.25) is 0 Å². The van der Waals surface area contributed by atoms with Crippen molar-refractivity contribution in [1.29, 1.82) is 0 Å². The quantitative estimate of drug-likeness (QED) is 0.195. The fourth-order valence-electron chi connectivity index (χ4n) is 1.85. The summed E-state index contributed by atoms with van der Waals surface area (Å²) in [4.78, 5) is 12.1. The average Bonchev–Trinajstić information content (AvgIpc) is 2.38. The van der Waals surface area contributed by atoms with Crippen molar-refractivity contribution in [3.8, 4) is 0 Å². The minimum absolute atomic E-state index is 0.0595. The summed E-state index contributed by atoms with van der Waals surface area (Å²) in [6, 6.07) is 0. The van der Waals surface area contributed by atoms with E-state index in [1.807, 2.05) is 0 Å². The normalized spacial score (nSPS) is 19.9. The van der Waals surface area contributed by atoms with E-state index >= 15 is 0 Å². The lowest BCUT2D eigenvalue weighted by atomic mass is 9.78. The van der Waals surface area contributed by atoms with Crippen molar-refractivity contribution in [2.45, 2.75) is 12.8 Å². The number of hydrogen-bond acceptors (Lipinski definition) is 5. The summed E-state index contributed by atoms with van der Waals surface area (Å²) in [5.41, 5.74) is 4.68. The van der Waals surface area contributed by atoms with Gasteiger partial charge in [0, 0.05) is 26.9 Å². The molecule has 1 fully saturated rings. The van der Waals surface area contributed by atoms with Crippen molar-refractivity contribution in [3.05, 3.63) is 0 Å². The predicted octanol–water partition coefficient (Wildman–Crippen LogP) is -0.708. The van der Waals surface area contributed by atoms with Gasteiger partial charge in [-0.2, -0.15) is 0 Å². The molecule has 4 N–H and O–H groups in total. The molecule has 0 aromatic rings. The van der Waals surface area contributed by atoms with Gasteiger partial charge in [0.2, 0.25) is 5.91 Å². The highest BCUT2D eigenvalue weighted by Gasteiger charge is 2.44. The number of carbonyl (C=O) groups is 1. The number of ether oxygens (including phenoxy) is 2. The van der Waals surface area contributed by atoms with Gasteiger partial charge in [-0.25, -0.2) is 0 Å². The summed E-state index contributed by atoms with van der Waals surface area (Å²) in [5, 5.41) is 14.5. The van der Waals surface area contributed by atoms with Crippen LogP contribution in [0, 0.1) is 5.41 Å². The largest absolute Gasteiger partial charge is 0.409 e. The second kappa shape index (κ2) is 6.41. The highest BCUT2D eigenvalue weighted by Crippen LogP contribution is 2.31. The molecule has 7 heteroatoms. The van der Waals surface area contributed by atoms with E-state index in [1.165, 1.54) is 0 Å². The molecule has 0 aromatic heterocycles. The van der Waals surface area contributed by atoms with E-state index in [-0.39, 0.29) is 11.7 Å². The van der Waals surface area contributed by atoms with Gasteiger partial charge in [-0.15, -0.1) is 0 Å². The van der Waals surface area contributed by atoms with Crippen LogP contribution in [-0.4, -0.2) is 50.4 Å². The Balaban J connectivity index is 2.72. The van der Waals surface area contributed by atoms with E-state index in [9.17, 15) is 4.79 Å². The number of amidine groups is 1. The molecule has 1 saturated heterocycles. The highest BCUT2D eigenvalue weighted by atomic mass is 16.5. The predicted molar refractivity (Wildman–Crippen MR) is 60.8 cm³/mol. The molecule has 1 rings (SSSR count). The van der Waals surface area contributed by atoms with Crippen LogP contribution in [0.25, 0.3) is 0 Å². The molecule has 0 saturated carbocycles. The van der Waals surface area contributed by atoms with Crippen LogP contribution in [0.5, 0.6) is 0 Å². The van der Waals surface area contributed by atoms with E-state index in [1.54, 1.807) is 7.11 Å². The Labute approximate surface area is 99.9 Å². The molecule has 98 valence electrons. The SMILES string of the molecule is COCCNC(=O)C1(C(N)=NO)CCOCC1. The smallest absolute Gasteiger partial charge is 0.234 e. The van der Waals surface area contributed by atoms with Gasteiger partial charge in [-0.05, 0) is 12.8 Å². The number of nitrogens with one attached hydrogen (secondary N) is 1. The van der Waals surface area contributed by atoms with Crippen LogP contribution in [0.3, 0.4) is 0 Å². The number of carbonyl (C=O) groups excluding carboxylic acids is 1. The van der Waals surface area contributed by atoms with Crippen molar-refractivity contribution in [2.24, 2.45) is 16.3 Å². The van der Waals surface area contributed by atoms with E-state index in [2.05, 4.69) is 10.5 Å². The average molecular weight is 245 g/mol. The van der Waals surface area contributed by atoms with Gasteiger partial charge >= 0.3 is 0 Å². The fraction of sp³-hybridized carbons (Fsp3) is 0.800. The maximum Gasteiger partial charge on any atom is 0.234 e. The van der Waals surface area contributed by atoms with Crippen LogP contribution in [0.4, 0.5) is 0 Å². The second-order valence-corrected chi connectivity index (χ2v) is 3.93. The van der Waals surface area contributed by atoms with Crippen molar-refractivity contribution in [3.63, 3.8) is 0 Å². The molecule has 1 amide bonds. The van der Waals surface area contributed by atoms with Gasteiger partial charge in [0.05, 0.1) is 6.61 Å². The summed E-state index contributed by atoms with van der Waals surface area (Å²) in [7, 11) is 1.56. The van der Waals surface area contributed by atoms with E-state index in [0.29, 0.717) is 39.2 Å². The maximum atomic E-state index is 12.1. The summed E-state index contributed by atoms with van der Waals surface area (Å²) in [5.74, 6) is -0.302. The fourth-order valence-corrected chi connectivity index (χ4v) is 1.85. The number of amides is 1. The van der Waals surface area contributed by atoms with Gasteiger partial charge in [-0.1, -0.05) is 5.16 Å². The topological polar surface area (TPSA) is 106 Å². The third-order valence-corrected chi connectivity index (χ3v) is 2.97. The molecule has 1 aliphatic rings. The maximum absolute atomic E-state index is 12.1. The minimum atomic E-state index is -0.958. The lowest BCUT2D eigenvalue weighted by Gasteiger charge is -2.34. The molecule has 1 aliphatic heterocycles. The first-order valence-corrected chi connectivity index (χ1v) is 5.50. The van der Waals surface area contributed by atoms with Crippen molar-refractivity contribution >= 4 is 11.7 Å². The molecular formula is C10H19N3O4. The van der Waals surface area contributed by atoms with Crippen LogP contribution in [0.1, 0.15) is 12.8 Å². The van der Waals surface area contributed by atoms with Gasteiger partial charge in [0.25, 0.3) is 0 Å². The third kappa shape index (κ3) is 3.07. The van der Waals surface area contributed by atoms with Gasteiger partial charge in [0.15, 0.2) is 5.84 Å². The number of oxime groups is 1. The summed E-state index contributed by atoms with van der Waals surface area (Å²) in [6.45, 7) is 1.67. The Morgan fingerprint density at radius 3 is 2.76 bits per heavy atom. The Kier molecular flexibility index (Phi) is 5.17. The van der Waals surface area contributed by atoms with Crippen LogP contribution in [0.15, 0.2) is 5.16 Å². The summed E-state index contributed by atoms with van der Waals surface area (Å²) >= 11 is 0. The van der Waals surface area contributed by atoms with Gasteiger partial charge < -0.3 is 25.7 Å². The lowest BCUT2D eigenvalue weighted by molar-refractivity contribution is -0.131. The molecule has 7 nitrogen and oxygen atoms in total. The van der Waals surface area contributed by atoms with Crippen molar-refractivity contribution in [2.75, 3.05) is 33.5 Å².